The minimum absolute atomic E-state index is 0.0671. The number of carbonyl (C=O) groups is 2. The first-order valence-electron chi connectivity index (χ1n) is 10.9. The number of ether oxygens (including phenoxy) is 2. The number of hydrogen-bond acceptors (Lipinski definition) is 5. The van der Waals surface area contributed by atoms with Crippen LogP contribution in [0.2, 0.25) is 5.02 Å². The predicted molar refractivity (Wildman–Crippen MR) is 149 cm³/mol. The van der Waals surface area contributed by atoms with Crippen LogP contribution in [0.1, 0.15) is 18.1 Å². The molecule has 7 nitrogen and oxygen atoms in total. The zero-order valence-electron chi connectivity index (χ0n) is 19.6. The Labute approximate surface area is 228 Å². The Bertz CT molecular complexity index is 1350. The van der Waals surface area contributed by atoms with Gasteiger partial charge in [0.1, 0.15) is 11.6 Å². The summed E-state index contributed by atoms with van der Waals surface area (Å²) in [6.45, 7) is 3.82. The lowest BCUT2D eigenvalue weighted by molar-refractivity contribution is -0.118. The summed E-state index contributed by atoms with van der Waals surface area (Å²) in [6.07, 6.45) is 1.48. The topological polar surface area (TPSA) is 100 Å². The van der Waals surface area contributed by atoms with Gasteiger partial charge in [0, 0.05) is 5.69 Å². The van der Waals surface area contributed by atoms with Crippen molar-refractivity contribution in [3.8, 4) is 17.6 Å². The van der Waals surface area contributed by atoms with E-state index in [-0.39, 0.29) is 18.1 Å². The van der Waals surface area contributed by atoms with E-state index in [0.717, 1.165) is 5.56 Å². The molecule has 0 saturated heterocycles. The van der Waals surface area contributed by atoms with E-state index in [4.69, 9.17) is 21.1 Å². The van der Waals surface area contributed by atoms with E-state index in [1.807, 2.05) is 38.1 Å². The molecule has 184 valence electrons. The standard InChI is InChI=1S/C27H23ClIN3O4/c1-3-35-24-14-18(12-19(15-30)27(34)31-20-8-6-7-17(2)11-20)13-22(29)26(24)36-16-25(33)32-23-10-5-4-9-21(23)28/h4-14H,3,16H2,1-2H3,(H,31,34)(H,32,33)/b19-12+. The third-order valence-electron chi connectivity index (χ3n) is 4.78. The van der Waals surface area contributed by atoms with Gasteiger partial charge in [-0.15, -0.1) is 0 Å². The van der Waals surface area contributed by atoms with Crippen LogP contribution in [0.3, 0.4) is 0 Å². The van der Waals surface area contributed by atoms with Crippen molar-refractivity contribution in [2.75, 3.05) is 23.8 Å². The normalized spacial score (nSPS) is 10.8. The quantitative estimate of drug-likeness (QED) is 0.169. The number of nitrogens with one attached hydrogen (secondary N) is 2. The van der Waals surface area contributed by atoms with E-state index >= 15 is 0 Å². The molecule has 2 amide bonds. The van der Waals surface area contributed by atoms with E-state index in [2.05, 4.69) is 33.2 Å². The number of carbonyl (C=O) groups excluding carboxylic acids is 2. The fourth-order valence-electron chi connectivity index (χ4n) is 3.20. The highest BCUT2D eigenvalue weighted by atomic mass is 127. The largest absolute Gasteiger partial charge is 0.490 e. The second kappa shape index (κ2) is 13.0. The molecular formula is C27H23ClIN3O4. The fourth-order valence-corrected chi connectivity index (χ4v) is 4.16. The van der Waals surface area contributed by atoms with E-state index in [1.54, 1.807) is 42.5 Å². The molecule has 0 atom stereocenters. The molecule has 9 heteroatoms. The molecule has 0 fully saturated rings. The van der Waals surface area contributed by atoms with Crippen LogP contribution in [0.4, 0.5) is 11.4 Å². The van der Waals surface area contributed by atoms with Crippen molar-refractivity contribution in [2.24, 2.45) is 0 Å². The van der Waals surface area contributed by atoms with E-state index < -0.39 is 5.91 Å². The number of benzene rings is 3. The second-order valence-electron chi connectivity index (χ2n) is 7.57. The molecule has 0 unspecified atom stereocenters. The molecule has 0 saturated carbocycles. The van der Waals surface area contributed by atoms with Crippen LogP contribution < -0.4 is 20.1 Å². The minimum Gasteiger partial charge on any atom is -0.490 e. The van der Waals surface area contributed by atoms with Crippen LogP contribution in [-0.4, -0.2) is 25.0 Å². The van der Waals surface area contributed by atoms with Crippen molar-refractivity contribution in [1.29, 1.82) is 5.26 Å². The highest BCUT2D eigenvalue weighted by Gasteiger charge is 2.16. The van der Waals surface area contributed by atoms with Crippen LogP contribution >= 0.6 is 34.2 Å². The predicted octanol–water partition coefficient (Wildman–Crippen LogP) is 6.21. The van der Waals surface area contributed by atoms with Gasteiger partial charge in [-0.05, 0) is 90.0 Å². The average Bonchev–Trinajstić information content (AvgIpc) is 2.83. The summed E-state index contributed by atoms with van der Waals surface area (Å²) in [5, 5.41) is 15.4. The van der Waals surface area contributed by atoms with Gasteiger partial charge in [0.05, 0.1) is 20.9 Å². The SMILES string of the molecule is CCOc1cc(/C=C(\C#N)C(=O)Nc2cccc(C)c2)cc(I)c1OCC(=O)Nc1ccccc1Cl. The summed E-state index contributed by atoms with van der Waals surface area (Å²) in [7, 11) is 0. The van der Waals surface area contributed by atoms with Crippen molar-refractivity contribution in [3.05, 3.63) is 86.0 Å². The van der Waals surface area contributed by atoms with Crippen molar-refractivity contribution in [1.82, 2.24) is 0 Å². The zero-order chi connectivity index (χ0) is 26.1. The van der Waals surface area contributed by atoms with Crippen molar-refractivity contribution in [3.63, 3.8) is 0 Å². The number of nitriles is 1. The van der Waals surface area contributed by atoms with Gasteiger partial charge < -0.3 is 20.1 Å². The number of amides is 2. The van der Waals surface area contributed by atoms with Crippen molar-refractivity contribution < 1.29 is 19.1 Å². The van der Waals surface area contributed by atoms with E-state index in [1.165, 1.54) is 6.08 Å². The Kier molecular flexibility index (Phi) is 9.73. The van der Waals surface area contributed by atoms with Gasteiger partial charge in [0.2, 0.25) is 0 Å². The molecule has 0 heterocycles. The number of halogens is 2. The summed E-state index contributed by atoms with van der Waals surface area (Å²) in [5.74, 6) is -0.137. The molecular weight excluding hydrogens is 593 g/mol. The molecule has 0 aliphatic rings. The Morgan fingerprint density at radius 2 is 1.86 bits per heavy atom. The third kappa shape index (κ3) is 7.47. The molecule has 36 heavy (non-hydrogen) atoms. The lowest BCUT2D eigenvalue weighted by Gasteiger charge is -2.15. The molecule has 2 N–H and O–H groups in total. The average molecular weight is 616 g/mol. The number of nitrogens with zero attached hydrogens (tertiary/aromatic N) is 1. The summed E-state index contributed by atoms with van der Waals surface area (Å²) >= 11 is 8.14. The maximum Gasteiger partial charge on any atom is 0.266 e. The molecule has 0 spiro atoms. The maximum atomic E-state index is 12.7. The third-order valence-corrected chi connectivity index (χ3v) is 5.91. The first-order chi connectivity index (χ1) is 17.3. The van der Waals surface area contributed by atoms with Gasteiger partial charge >= 0.3 is 0 Å². The molecule has 0 aliphatic heterocycles. The maximum absolute atomic E-state index is 12.7. The lowest BCUT2D eigenvalue weighted by Crippen LogP contribution is -2.21. The van der Waals surface area contributed by atoms with Crippen LogP contribution in [0.25, 0.3) is 6.08 Å². The highest BCUT2D eigenvalue weighted by molar-refractivity contribution is 14.1. The monoisotopic (exact) mass is 615 g/mol. The minimum atomic E-state index is -0.521. The number of aryl methyl sites for hydroxylation is 1. The fraction of sp³-hybridized carbons (Fsp3) is 0.148. The summed E-state index contributed by atoms with van der Waals surface area (Å²) in [6, 6.07) is 19.6. The Morgan fingerprint density at radius 1 is 1.08 bits per heavy atom. The van der Waals surface area contributed by atoms with Gasteiger partial charge in [0.25, 0.3) is 11.8 Å². The molecule has 3 aromatic rings. The number of anilines is 2. The van der Waals surface area contributed by atoms with Gasteiger partial charge in [-0.25, -0.2) is 0 Å². The Balaban J connectivity index is 1.78. The van der Waals surface area contributed by atoms with Crippen LogP contribution in [0.15, 0.2) is 66.2 Å². The number of rotatable bonds is 9. The second-order valence-corrected chi connectivity index (χ2v) is 9.14. The number of para-hydroxylation sites is 1. The van der Waals surface area contributed by atoms with E-state index in [0.29, 0.717) is 43.6 Å². The summed E-state index contributed by atoms with van der Waals surface area (Å²) < 4.78 is 12.1. The van der Waals surface area contributed by atoms with Crippen molar-refractivity contribution in [2.45, 2.75) is 13.8 Å². The Hall–Kier alpha value is -3.55. The lowest BCUT2D eigenvalue weighted by atomic mass is 10.1. The number of hydrogen-bond donors (Lipinski definition) is 2. The zero-order valence-corrected chi connectivity index (χ0v) is 22.5. The van der Waals surface area contributed by atoms with Gasteiger partial charge in [-0.3, -0.25) is 9.59 Å². The molecule has 3 aromatic carbocycles. The Morgan fingerprint density at radius 3 is 2.56 bits per heavy atom. The van der Waals surface area contributed by atoms with Gasteiger partial charge in [-0.1, -0.05) is 35.9 Å². The van der Waals surface area contributed by atoms with Gasteiger partial charge in [-0.2, -0.15) is 5.26 Å². The van der Waals surface area contributed by atoms with Crippen LogP contribution in [-0.2, 0) is 9.59 Å². The van der Waals surface area contributed by atoms with Gasteiger partial charge in [0.15, 0.2) is 18.1 Å². The molecule has 0 aromatic heterocycles. The molecule has 0 aliphatic carbocycles. The first-order valence-corrected chi connectivity index (χ1v) is 12.4. The summed E-state index contributed by atoms with van der Waals surface area (Å²) in [4.78, 5) is 25.0. The first kappa shape index (κ1) is 27.0. The highest BCUT2D eigenvalue weighted by Crippen LogP contribution is 2.35. The van der Waals surface area contributed by atoms with E-state index in [9.17, 15) is 14.9 Å². The van der Waals surface area contributed by atoms with Crippen LogP contribution in [0, 0.1) is 21.8 Å². The van der Waals surface area contributed by atoms with Crippen molar-refractivity contribution >= 4 is 63.5 Å². The molecule has 0 radical (unpaired) electrons. The summed E-state index contributed by atoms with van der Waals surface area (Å²) in [5.41, 5.74) is 2.59. The molecule has 3 rings (SSSR count). The van der Waals surface area contributed by atoms with Crippen LogP contribution in [0.5, 0.6) is 11.5 Å². The molecule has 0 bridgehead atoms. The smallest absolute Gasteiger partial charge is 0.266 e.